The van der Waals surface area contributed by atoms with Crippen LogP contribution in [0.15, 0.2) is 91.0 Å². The average Bonchev–Trinajstić information content (AvgIpc) is 2.96. The monoisotopic (exact) mass is 537 g/mol. The van der Waals surface area contributed by atoms with Gasteiger partial charge in [0.1, 0.15) is 23.7 Å². The van der Waals surface area contributed by atoms with Gasteiger partial charge in [0.2, 0.25) is 0 Å². The lowest BCUT2D eigenvalue weighted by molar-refractivity contribution is 0.0469. The lowest BCUT2D eigenvalue weighted by Crippen LogP contribution is -2.12. The fourth-order valence-corrected chi connectivity index (χ4v) is 4.76. The van der Waals surface area contributed by atoms with Gasteiger partial charge < -0.3 is 19.9 Å². The number of anilines is 1. The van der Waals surface area contributed by atoms with Crippen LogP contribution >= 0.6 is 0 Å². The Bertz CT molecular complexity index is 1390. The predicted molar refractivity (Wildman–Crippen MR) is 162 cm³/mol. The Morgan fingerprint density at radius 2 is 1.40 bits per heavy atom. The molecule has 0 aromatic heterocycles. The van der Waals surface area contributed by atoms with Crippen molar-refractivity contribution in [1.82, 2.24) is 0 Å². The number of aromatic hydroxyl groups is 1. The Labute approximate surface area is 237 Å². The van der Waals surface area contributed by atoms with E-state index in [0.717, 1.165) is 24.1 Å². The van der Waals surface area contributed by atoms with Gasteiger partial charge in [-0.25, -0.2) is 4.79 Å². The molecule has 5 nitrogen and oxygen atoms in total. The zero-order chi connectivity index (χ0) is 28.5. The van der Waals surface area contributed by atoms with E-state index in [0.29, 0.717) is 29.8 Å². The zero-order valence-electron chi connectivity index (χ0n) is 23.8. The van der Waals surface area contributed by atoms with Gasteiger partial charge in [0.05, 0.1) is 6.61 Å². The van der Waals surface area contributed by atoms with Crippen molar-refractivity contribution in [2.24, 2.45) is 0 Å². The van der Waals surface area contributed by atoms with Crippen molar-refractivity contribution in [2.45, 2.75) is 52.6 Å². The molecule has 2 N–H and O–H groups in total. The number of hydrogen-bond acceptors (Lipinski definition) is 5. The van der Waals surface area contributed by atoms with Gasteiger partial charge in [-0.1, -0.05) is 107 Å². The quantitative estimate of drug-likeness (QED) is 0.140. The fraction of sp³-hybridized carbons (Fsp3) is 0.286. The number of para-hydroxylation sites is 3. The van der Waals surface area contributed by atoms with E-state index in [2.05, 4.69) is 51.2 Å². The second-order valence-electron chi connectivity index (χ2n) is 10.5. The smallest absolute Gasteiger partial charge is 0.342 e. The summed E-state index contributed by atoms with van der Waals surface area (Å²) in [6.07, 6.45) is 0.802. The Morgan fingerprint density at radius 3 is 2.10 bits per heavy atom. The Hall–Kier alpha value is -4.25. The number of carbonyl (C=O) groups is 1. The molecular formula is C35H39NO4. The molecule has 5 heteroatoms. The van der Waals surface area contributed by atoms with Crippen molar-refractivity contribution in [3.05, 3.63) is 113 Å². The summed E-state index contributed by atoms with van der Waals surface area (Å²) in [5, 5.41) is 14.7. The normalized spacial score (nSPS) is 11.1. The van der Waals surface area contributed by atoms with Gasteiger partial charge in [0.25, 0.3) is 0 Å². The van der Waals surface area contributed by atoms with E-state index < -0.39 is 5.97 Å². The van der Waals surface area contributed by atoms with Crippen molar-refractivity contribution >= 4 is 11.7 Å². The number of esters is 1. The van der Waals surface area contributed by atoms with Crippen LogP contribution in [0.25, 0.3) is 11.1 Å². The molecule has 0 aliphatic carbocycles. The highest BCUT2D eigenvalue weighted by atomic mass is 16.5. The van der Waals surface area contributed by atoms with Gasteiger partial charge in [-0.05, 0) is 47.1 Å². The Kier molecular flexibility index (Phi) is 9.85. The van der Waals surface area contributed by atoms with Gasteiger partial charge in [0.15, 0.2) is 0 Å². The van der Waals surface area contributed by atoms with E-state index in [1.165, 1.54) is 16.8 Å². The van der Waals surface area contributed by atoms with Gasteiger partial charge in [-0.15, -0.1) is 0 Å². The van der Waals surface area contributed by atoms with Crippen LogP contribution in [0.1, 0.15) is 73.0 Å². The van der Waals surface area contributed by atoms with Gasteiger partial charge in [-0.2, -0.15) is 0 Å². The highest BCUT2D eigenvalue weighted by molar-refractivity contribution is 5.96. The molecule has 0 bridgehead atoms. The summed E-state index contributed by atoms with van der Waals surface area (Å²) >= 11 is 0. The molecule has 0 spiro atoms. The minimum absolute atomic E-state index is 0.121. The summed E-state index contributed by atoms with van der Waals surface area (Å²) in [7, 11) is 0. The van der Waals surface area contributed by atoms with Crippen LogP contribution in [0.5, 0.6) is 11.5 Å². The van der Waals surface area contributed by atoms with Gasteiger partial charge >= 0.3 is 5.97 Å². The Morgan fingerprint density at radius 1 is 0.775 bits per heavy atom. The molecule has 0 aliphatic rings. The largest absolute Gasteiger partial charge is 0.506 e. The Balaban J connectivity index is 1.41. The molecule has 0 fully saturated rings. The number of benzene rings is 4. The molecule has 208 valence electrons. The summed E-state index contributed by atoms with van der Waals surface area (Å²) in [6, 6.07) is 28.7. The first-order valence-corrected chi connectivity index (χ1v) is 14.0. The average molecular weight is 538 g/mol. The van der Waals surface area contributed by atoms with E-state index in [-0.39, 0.29) is 17.9 Å². The maximum atomic E-state index is 12.8. The highest BCUT2D eigenvalue weighted by Gasteiger charge is 2.19. The molecule has 0 saturated carbocycles. The molecule has 0 aliphatic heterocycles. The zero-order valence-corrected chi connectivity index (χ0v) is 23.8. The number of phenols is 1. The molecule has 0 unspecified atom stereocenters. The summed E-state index contributed by atoms with van der Waals surface area (Å²) in [5.41, 5.74) is 6.14. The van der Waals surface area contributed by atoms with Crippen molar-refractivity contribution in [3.63, 3.8) is 0 Å². The summed E-state index contributed by atoms with van der Waals surface area (Å²) in [4.78, 5) is 12.8. The third-order valence-corrected chi connectivity index (χ3v) is 6.90. The first kappa shape index (κ1) is 28.8. The van der Waals surface area contributed by atoms with Gasteiger partial charge in [0, 0.05) is 23.4 Å². The van der Waals surface area contributed by atoms with E-state index in [1.54, 1.807) is 18.2 Å². The first-order valence-electron chi connectivity index (χ1n) is 14.0. The fourth-order valence-electron chi connectivity index (χ4n) is 4.76. The van der Waals surface area contributed by atoms with Crippen molar-refractivity contribution < 1.29 is 19.4 Å². The number of phenolic OH excluding ortho intramolecular Hbond substituents is 1. The van der Waals surface area contributed by atoms with Crippen LogP contribution < -0.4 is 10.1 Å². The van der Waals surface area contributed by atoms with Crippen molar-refractivity contribution in [3.8, 4) is 22.6 Å². The molecule has 0 saturated heterocycles. The third kappa shape index (κ3) is 7.03. The van der Waals surface area contributed by atoms with Crippen molar-refractivity contribution in [1.29, 1.82) is 0 Å². The van der Waals surface area contributed by atoms with Crippen LogP contribution in [0, 0.1) is 0 Å². The number of ether oxygens (including phenoxy) is 2. The number of carbonyl (C=O) groups excluding carboxylic acids is 1. The molecule has 0 amide bonds. The topological polar surface area (TPSA) is 67.8 Å². The molecule has 4 aromatic carbocycles. The van der Waals surface area contributed by atoms with E-state index in [1.807, 2.05) is 54.6 Å². The minimum atomic E-state index is -0.574. The predicted octanol–water partition coefficient (Wildman–Crippen LogP) is 8.54. The molecule has 0 heterocycles. The molecule has 0 atom stereocenters. The minimum Gasteiger partial charge on any atom is -0.506 e. The molecule has 4 rings (SSSR count). The first-order chi connectivity index (χ1) is 19.4. The van der Waals surface area contributed by atoms with E-state index >= 15 is 0 Å². The summed E-state index contributed by atoms with van der Waals surface area (Å²) in [5.74, 6) is 0.824. The second-order valence-corrected chi connectivity index (χ2v) is 10.5. The number of nitrogens with one attached hydrogen (secondary N) is 1. The van der Waals surface area contributed by atoms with E-state index in [4.69, 9.17) is 9.47 Å². The van der Waals surface area contributed by atoms with Crippen LogP contribution in [0.2, 0.25) is 0 Å². The maximum absolute atomic E-state index is 12.8. The SMILES string of the molecule is CC(C)c1cccc(C(C)C)c1NCCCOc1ccccc1-c1cccc(C(=O)OCc2ccccc2)c1O. The molecule has 4 aromatic rings. The summed E-state index contributed by atoms with van der Waals surface area (Å²) in [6.45, 7) is 10.3. The van der Waals surface area contributed by atoms with E-state index in [9.17, 15) is 9.90 Å². The maximum Gasteiger partial charge on any atom is 0.342 e. The lowest BCUT2D eigenvalue weighted by Gasteiger charge is -2.21. The summed E-state index contributed by atoms with van der Waals surface area (Å²) < 4.78 is 11.6. The third-order valence-electron chi connectivity index (χ3n) is 6.90. The standard InChI is InChI=1S/C35H39NO4/c1-24(2)27-16-10-17-28(25(3)4)33(27)36-21-12-22-39-32-20-9-8-15-29(32)30-18-11-19-31(34(30)37)35(38)40-23-26-13-6-5-7-14-26/h5-11,13-20,24-25,36-37H,12,21-23H2,1-4H3. The highest BCUT2D eigenvalue weighted by Crippen LogP contribution is 2.38. The van der Waals surface area contributed by atoms with Crippen LogP contribution in [-0.2, 0) is 11.3 Å². The van der Waals surface area contributed by atoms with Crippen LogP contribution in [0.4, 0.5) is 5.69 Å². The lowest BCUT2D eigenvalue weighted by atomic mass is 9.92. The second kappa shape index (κ2) is 13.7. The van der Waals surface area contributed by atoms with Crippen LogP contribution in [0.3, 0.4) is 0 Å². The number of rotatable bonds is 12. The van der Waals surface area contributed by atoms with Crippen molar-refractivity contribution in [2.75, 3.05) is 18.5 Å². The molecule has 0 radical (unpaired) electrons. The van der Waals surface area contributed by atoms with Crippen LogP contribution in [-0.4, -0.2) is 24.2 Å². The van der Waals surface area contributed by atoms with Gasteiger partial charge in [-0.3, -0.25) is 0 Å². The number of hydrogen-bond donors (Lipinski definition) is 2. The molecule has 40 heavy (non-hydrogen) atoms. The molecular weight excluding hydrogens is 498 g/mol.